The number of nitrogens with one attached hydrogen (secondary N) is 4. The van der Waals surface area contributed by atoms with Gasteiger partial charge in [0.25, 0.3) is 0 Å². The number of hydrogen-bond donors (Lipinski definition) is 4. The molecule has 7 aromatic rings. The molecule has 15 heteroatoms. The zero-order valence-corrected chi connectivity index (χ0v) is 38.1. The molecule has 66 heavy (non-hydrogen) atoms. The molecule has 4 N–H and O–H groups in total. The number of methoxy groups -OCH3 is 3. The van der Waals surface area contributed by atoms with Crippen molar-refractivity contribution in [2.24, 2.45) is 17.8 Å². The average Bonchev–Trinajstić information content (AvgIpc) is 4.14. The zero-order chi connectivity index (χ0) is 46.2. The average molecular weight is 893 g/mol. The van der Waals surface area contributed by atoms with E-state index in [2.05, 4.69) is 76.1 Å². The number of nitrogens with zero attached hydrogens (tertiary/aromatic N) is 4. The number of H-pyrrole nitrogens is 2. The second-order valence-electron chi connectivity index (χ2n) is 18.2. The van der Waals surface area contributed by atoms with Crippen molar-refractivity contribution in [3.63, 3.8) is 0 Å². The van der Waals surface area contributed by atoms with Gasteiger partial charge in [-0.25, -0.2) is 14.8 Å². The van der Waals surface area contributed by atoms with E-state index in [-0.39, 0.29) is 54.2 Å². The van der Waals surface area contributed by atoms with Gasteiger partial charge < -0.3 is 44.6 Å². The zero-order valence-electron chi connectivity index (χ0n) is 38.1. The predicted molar refractivity (Wildman–Crippen MR) is 252 cm³/mol. The van der Waals surface area contributed by atoms with Gasteiger partial charge in [-0.1, -0.05) is 87.5 Å². The third-order valence-corrected chi connectivity index (χ3v) is 13.2. The first-order valence-electron chi connectivity index (χ1n) is 22.6. The van der Waals surface area contributed by atoms with Crippen molar-refractivity contribution < 1.29 is 33.4 Å². The van der Waals surface area contributed by atoms with Crippen molar-refractivity contribution in [3.8, 4) is 11.1 Å². The predicted octanol–water partition coefficient (Wildman–Crippen LogP) is 7.74. The number of ether oxygens (including phenoxy) is 3. The summed E-state index contributed by atoms with van der Waals surface area (Å²) in [6, 6.07) is 28.1. The Morgan fingerprint density at radius 3 is 1.86 bits per heavy atom. The lowest BCUT2D eigenvalue weighted by atomic mass is 9.98. The molecule has 2 aliphatic rings. The number of hydrogen-bond acceptors (Lipinski definition) is 9. The first-order valence-corrected chi connectivity index (χ1v) is 22.6. The van der Waals surface area contributed by atoms with Crippen LogP contribution in [-0.4, -0.2) is 107 Å². The Kier molecular flexibility index (Phi) is 12.5. The summed E-state index contributed by atoms with van der Waals surface area (Å²) in [5.41, 5.74) is 6.20. The highest BCUT2D eigenvalue weighted by Gasteiger charge is 2.42. The lowest BCUT2D eigenvalue weighted by Crippen LogP contribution is -2.51. The lowest BCUT2D eigenvalue weighted by molar-refractivity contribution is -0.138. The normalized spacial score (nSPS) is 19.6. The van der Waals surface area contributed by atoms with E-state index in [1.807, 2.05) is 66.1 Å². The highest BCUT2D eigenvalue weighted by Crippen LogP contribution is 2.40. The Morgan fingerprint density at radius 2 is 1.30 bits per heavy atom. The number of likely N-dealkylation sites (tertiary alicyclic amines) is 2. The molecule has 4 heterocycles. The van der Waals surface area contributed by atoms with E-state index in [4.69, 9.17) is 24.2 Å². The highest BCUT2D eigenvalue weighted by atomic mass is 16.5. The van der Waals surface area contributed by atoms with Crippen molar-refractivity contribution >= 4 is 67.4 Å². The quantitative estimate of drug-likeness (QED) is 0.0900. The van der Waals surface area contributed by atoms with Gasteiger partial charge in [0.05, 0.1) is 47.9 Å². The molecule has 5 aromatic carbocycles. The van der Waals surface area contributed by atoms with Crippen LogP contribution in [0.5, 0.6) is 0 Å². The third-order valence-electron chi connectivity index (χ3n) is 13.2. The largest absolute Gasteiger partial charge is 0.453 e. The molecule has 1 unspecified atom stereocenters. The fourth-order valence-corrected chi connectivity index (χ4v) is 9.96. The molecule has 2 fully saturated rings. The molecule has 6 atom stereocenters. The van der Waals surface area contributed by atoms with Crippen molar-refractivity contribution in [1.82, 2.24) is 40.4 Å². The number of alkyl carbamates (subject to hydrolysis) is 1. The van der Waals surface area contributed by atoms with Gasteiger partial charge in [-0.2, -0.15) is 0 Å². The molecule has 4 amide bonds. The number of carbonyl (C=O) groups is 4. The summed E-state index contributed by atoms with van der Waals surface area (Å²) in [7, 11) is 4.41. The number of aromatic nitrogens is 4. The molecular weight excluding hydrogens is 837 g/mol. The van der Waals surface area contributed by atoms with Crippen LogP contribution in [0.1, 0.15) is 69.0 Å². The second-order valence-corrected chi connectivity index (χ2v) is 18.2. The van der Waals surface area contributed by atoms with E-state index < -0.39 is 18.2 Å². The molecule has 15 nitrogen and oxygen atoms in total. The third kappa shape index (κ3) is 8.56. The fraction of sp³-hybridized carbons (Fsp3) is 0.373. The Bertz CT molecular complexity index is 2950. The highest BCUT2D eigenvalue weighted by molar-refractivity contribution is 6.07. The van der Waals surface area contributed by atoms with Gasteiger partial charge in [0, 0.05) is 44.0 Å². The van der Waals surface area contributed by atoms with Gasteiger partial charge in [0.1, 0.15) is 30.3 Å². The minimum absolute atomic E-state index is 0.0775. The van der Waals surface area contributed by atoms with Crippen molar-refractivity contribution in [1.29, 1.82) is 0 Å². The van der Waals surface area contributed by atoms with Crippen LogP contribution in [0.15, 0.2) is 91.0 Å². The van der Waals surface area contributed by atoms with E-state index in [1.54, 1.807) is 7.11 Å². The first-order chi connectivity index (χ1) is 31.9. The summed E-state index contributed by atoms with van der Waals surface area (Å²) in [6.07, 6.45) is 0.772. The molecule has 2 saturated heterocycles. The maximum absolute atomic E-state index is 14.5. The van der Waals surface area contributed by atoms with Crippen LogP contribution in [0.3, 0.4) is 0 Å². The number of rotatable bonds is 13. The van der Waals surface area contributed by atoms with Gasteiger partial charge in [0.15, 0.2) is 0 Å². The maximum Gasteiger partial charge on any atom is 0.407 e. The van der Waals surface area contributed by atoms with Crippen LogP contribution in [0.4, 0.5) is 4.79 Å². The summed E-state index contributed by atoms with van der Waals surface area (Å²) in [5.74, 6) is 0.872. The van der Waals surface area contributed by atoms with Crippen molar-refractivity contribution in [2.45, 2.75) is 57.8 Å². The fourth-order valence-electron chi connectivity index (χ4n) is 9.96. The van der Waals surface area contributed by atoms with Gasteiger partial charge >= 0.3 is 6.09 Å². The number of carbonyl (C=O) groups excluding carboxylic acids is 4. The SMILES string of the molecule is COCC(=O)N[C@@H](C(=O)N1C[C@@H](COC)C[C@H]1c1nc2c(ccc3cc(-c4ccc5c(ccc6[nH]c([C@@H]7C[C@H](C)CN7C(=O)C(NC(=O)OC)C(C)C)nc65)c4)ccc32)[nH]1)c1ccccc1. The van der Waals surface area contributed by atoms with E-state index >= 15 is 0 Å². The number of benzene rings is 5. The minimum atomic E-state index is -0.898. The number of amides is 4. The summed E-state index contributed by atoms with van der Waals surface area (Å²) < 4.78 is 15.5. The van der Waals surface area contributed by atoms with Gasteiger partial charge in [-0.05, 0) is 76.4 Å². The summed E-state index contributed by atoms with van der Waals surface area (Å²) in [5, 5.41) is 9.69. The summed E-state index contributed by atoms with van der Waals surface area (Å²) in [6.45, 7) is 7.30. The molecule has 0 saturated carbocycles. The Labute approximate surface area is 382 Å². The number of imidazole rings is 2. The smallest absolute Gasteiger partial charge is 0.407 e. The number of aromatic amines is 2. The van der Waals surface area contributed by atoms with Crippen LogP contribution < -0.4 is 10.6 Å². The topological polar surface area (TPSA) is 184 Å². The summed E-state index contributed by atoms with van der Waals surface area (Å²) in [4.78, 5) is 74.4. The van der Waals surface area contributed by atoms with Crippen LogP contribution >= 0.6 is 0 Å². The van der Waals surface area contributed by atoms with E-state index in [1.165, 1.54) is 14.2 Å². The van der Waals surface area contributed by atoms with Crippen LogP contribution in [0, 0.1) is 17.8 Å². The van der Waals surface area contributed by atoms with Crippen LogP contribution in [-0.2, 0) is 28.6 Å². The Balaban J connectivity index is 0.991. The molecular formula is C51H56N8O7. The maximum atomic E-state index is 14.5. The molecule has 9 rings (SSSR count). The monoisotopic (exact) mass is 892 g/mol. The van der Waals surface area contributed by atoms with E-state index in [9.17, 15) is 19.2 Å². The number of fused-ring (bicyclic) bond motifs is 6. The minimum Gasteiger partial charge on any atom is -0.453 e. The molecule has 2 aliphatic heterocycles. The molecule has 0 spiro atoms. The standard InChI is InChI=1S/C51H56N8O7/c1-28(2)43(57-51(63)66-6)49(61)58-24-29(3)20-40(58)47-52-38-18-14-34-22-32(12-16-36(34)45(38)55-47)33-13-17-37-35(23-33)15-19-39-46(37)56-48(53-39)41-21-30(26-64-4)25-59(41)50(62)44(54-42(60)27-65-5)31-10-8-7-9-11-31/h7-19,22-23,28-30,40-41,43-44H,20-21,24-27H2,1-6H3,(H,52,55)(H,53,56)(H,54,60)(H,57,63)/t29-,30-,40-,41-,43?,44+/m0/s1. The van der Waals surface area contributed by atoms with Crippen LogP contribution in [0.25, 0.3) is 54.7 Å². The molecule has 342 valence electrons. The van der Waals surface area contributed by atoms with Gasteiger partial charge in [-0.15, -0.1) is 0 Å². The van der Waals surface area contributed by atoms with Gasteiger partial charge in [-0.3, -0.25) is 14.4 Å². The van der Waals surface area contributed by atoms with E-state index in [0.29, 0.717) is 37.5 Å². The Morgan fingerprint density at radius 1 is 0.712 bits per heavy atom. The van der Waals surface area contributed by atoms with Crippen molar-refractivity contribution in [3.05, 3.63) is 108 Å². The van der Waals surface area contributed by atoms with E-state index in [0.717, 1.165) is 67.0 Å². The Hall–Kier alpha value is -6.84. The molecule has 0 aliphatic carbocycles. The van der Waals surface area contributed by atoms with Crippen LogP contribution in [0.2, 0.25) is 0 Å². The lowest BCUT2D eigenvalue weighted by Gasteiger charge is -2.30. The molecule has 0 bridgehead atoms. The van der Waals surface area contributed by atoms with Crippen molar-refractivity contribution in [2.75, 3.05) is 47.6 Å². The molecule has 0 radical (unpaired) electrons. The summed E-state index contributed by atoms with van der Waals surface area (Å²) >= 11 is 0. The second kappa shape index (κ2) is 18.6. The first kappa shape index (κ1) is 44.4. The van der Waals surface area contributed by atoms with Gasteiger partial charge in [0.2, 0.25) is 17.7 Å². The molecule has 2 aromatic heterocycles.